The third kappa shape index (κ3) is 2.15. The van der Waals surface area contributed by atoms with Gasteiger partial charge in [-0.2, -0.15) is 0 Å². The van der Waals surface area contributed by atoms with E-state index >= 15 is 0 Å². The predicted molar refractivity (Wildman–Crippen MR) is 49.8 cm³/mol. The molecular weight excluding hydrogens is 240 g/mol. The summed E-state index contributed by atoms with van der Waals surface area (Å²) in [5.41, 5.74) is -0.135. The van der Waals surface area contributed by atoms with E-state index in [4.69, 9.17) is 4.74 Å². The SMILES string of the molecule is CCOc1ccnc(Br)c1[N+](=O)[O-]. The van der Waals surface area contributed by atoms with E-state index in [1.54, 1.807) is 6.92 Å². The van der Waals surface area contributed by atoms with E-state index in [1.165, 1.54) is 12.3 Å². The highest BCUT2D eigenvalue weighted by Crippen LogP contribution is 2.32. The van der Waals surface area contributed by atoms with Gasteiger partial charge in [0.2, 0.25) is 5.75 Å². The Labute approximate surface area is 83.0 Å². The molecule has 0 fully saturated rings. The Morgan fingerprint density at radius 2 is 2.46 bits per heavy atom. The molecule has 0 amide bonds. The first-order valence-electron chi connectivity index (χ1n) is 3.58. The zero-order valence-electron chi connectivity index (χ0n) is 6.86. The third-order valence-corrected chi connectivity index (χ3v) is 1.91. The highest BCUT2D eigenvalue weighted by atomic mass is 79.9. The highest BCUT2D eigenvalue weighted by Gasteiger charge is 2.19. The van der Waals surface area contributed by atoms with Gasteiger partial charge in [-0.1, -0.05) is 0 Å². The van der Waals surface area contributed by atoms with Crippen molar-refractivity contribution in [2.45, 2.75) is 6.92 Å². The lowest BCUT2D eigenvalue weighted by Crippen LogP contribution is -1.99. The van der Waals surface area contributed by atoms with Gasteiger partial charge < -0.3 is 4.74 Å². The van der Waals surface area contributed by atoms with Crippen molar-refractivity contribution in [1.82, 2.24) is 4.98 Å². The van der Waals surface area contributed by atoms with Crippen LogP contribution in [0, 0.1) is 10.1 Å². The Kier molecular flexibility index (Phi) is 3.18. The summed E-state index contributed by atoms with van der Waals surface area (Å²) < 4.78 is 5.25. The van der Waals surface area contributed by atoms with Gasteiger partial charge in [0.05, 0.1) is 11.5 Å². The van der Waals surface area contributed by atoms with Crippen LogP contribution in [0.15, 0.2) is 16.9 Å². The average Bonchev–Trinajstić information content (AvgIpc) is 2.04. The van der Waals surface area contributed by atoms with Crippen LogP contribution in [-0.2, 0) is 0 Å². The molecule has 0 spiro atoms. The molecule has 0 aliphatic heterocycles. The Hall–Kier alpha value is -1.17. The molecule has 0 radical (unpaired) electrons. The zero-order valence-corrected chi connectivity index (χ0v) is 8.44. The first-order chi connectivity index (χ1) is 6.16. The molecule has 1 aromatic heterocycles. The molecule has 0 aliphatic rings. The molecule has 0 bridgehead atoms. The van der Waals surface area contributed by atoms with Crippen molar-refractivity contribution in [2.75, 3.05) is 6.61 Å². The summed E-state index contributed by atoms with van der Waals surface area (Å²) in [7, 11) is 0. The van der Waals surface area contributed by atoms with Gasteiger partial charge in [0.15, 0.2) is 4.60 Å². The number of nitrogens with zero attached hydrogens (tertiary/aromatic N) is 2. The fourth-order valence-corrected chi connectivity index (χ4v) is 1.31. The quantitative estimate of drug-likeness (QED) is 0.466. The Morgan fingerprint density at radius 1 is 1.77 bits per heavy atom. The number of pyridine rings is 1. The normalized spacial score (nSPS) is 9.69. The second-order valence-electron chi connectivity index (χ2n) is 2.14. The Morgan fingerprint density at radius 3 is 3.00 bits per heavy atom. The highest BCUT2D eigenvalue weighted by molar-refractivity contribution is 9.10. The van der Waals surface area contributed by atoms with E-state index in [-0.39, 0.29) is 16.0 Å². The van der Waals surface area contributed by atoms with E-state index in [2.05, 4.69) is 20.9 Å². The molecule has 0 aliphatic carbocycles. The van der Waals surface area contributed by atoms with Crippen molar-refractivity contribution in [3.8, 4) is 5.75 Å². The fraction of sp³-hybridized carbons (Fsp3) is 0.286. The molecule has 1 rings (SSSR count). The maximum Gasteiger partial charge on any atom is 0.343 e. The van der Waals surface area contributed by atoms with Crippen LogP contribution >= 0.6 is 15.9 Å². The summed E-state index contributed by atoms with van der Waals surface area (Å²) in [5.74, 6) is 0.231. The van der Waals surface area contributed by atoms with Crippen LogP contribution in [0.25, 0.3) is 0 Å². The van der Waals surface area contributed by atoms with Gasteiger partial charge in [-0.05, 0) is 22.9 Å². The molecule has 1 heterocycles. The zero-order chi connectivity index (χ0) is 9.84. The van der Waals surface area contributed by atoms with Crippen LogP contribution in [0.3, 0.4) is 0 Å². The van der Waals surface area contributed by atoms with Gasteiger partial charge in [-0.15, -0.1) is 0 Å². The van der Waals surface area contributed by atoms with Crippen LogP contribution in [0.4, 0.5) is 5.69 Å². The summed E-state index contributed by atoms with van der Waals surface area (Å²) in [4.78, 5) is 13.8. The molecule has 1 aromatic rings. The molecule has 6 heteroatoms. The predicted octanol–water partition coefficient (Wildman–Crippen LogP) is 2.15. The van der Waals surface area contributed by atoms with Crippen LogP contribution in [0.2, 0.25) is 0 Å². The van der Waals surface area contributed by atoms with Crippen molar-refractivity contribution < 1.29 is 9.66 Å². The number of hydrogen-bond acceptors (Lipinski definition) is 4. The van der Waals surface area contributed by atoms with E-state index in [0.717, 1.165) is 0 Å². The largest absolute Gasteiger partial charge is 0.487 e. The molecule has 0 saturated carbocycles. The fourth-order valence-electron chi connectivity index (χ4n) is 0.849. The lowest BCUT2D eigenvalue weighted by atomic mass is 10.4. The second-order valence-corrected chi connectivity index (χ2v) is 2.89. The van der Waals surface area contributed by atoms with Gasteiger partial charge in [0, 0.05) is 12.3 Å². The van der Waals surface area contributed by atoms with Crippen molar-refractivity contribution in [1.29, 1.82) is 0 Å². The summed E-state index contributed by atoms with van der Waals surface area (Å²) in [6, 6.07) is 1.46. The summed E-state index contributed by atoms with van der Waals surface area (Å²) in [5, 5.41) is 10.6. The van der Waals surface area contributed by atoms with E-state index < -0.39 is 4.92 Å². The smallest absolute Gasteiger partial charge is 0.343 e. The third-order valence-electron chi connectivity index (χ3n) is 1.33. The number of halogens is 1. The molecular formula is C7H7BrN2O3. The van der Waals surface area contributed by atoms with E-state index in [0.29, 0.717) is 6.61 Å². The molecule has 5 nitrogen and oxygen atoms in total. The van der Waals surface area contributed by atoms with Crippen LogP contribution in [0.1, 0.15) is 6.92 Å². The van der Waals surface area contributed by atoms with Crippen LogP contribution < -0.4 is 4.74 Å². The number of nitro groups is 1. The van der Waals surface area contributed by atoms with E-state index in [9.17, 15) is 10.1 Å². The molecule has 0 unspecified atom stereocenters. The first-order valence-corrected chi connectivity index (χ1v) is 4.37. The van der Waals surface area contributed by atoms with Crippen LogP contribution in [0.5, 0.6) is 5.75 Å². The number of ether oxygens (including phenoxy) is 1. The van der Waals surface area contributed by atoms with Gasteiger partial charge >= 0.3 is 5.69 Å². The number of rotatable bonds is 3. The van der Waals surface area contributed by atoms with E-state index in [1.807, 2.05) is 0 Å². The molecule has 0 N–H and O–H groups in total. The molecule has 0 saturated heterocycles. The average molecular weight is 247 g/mol. The number of aromatic nitrogens is 1. The minimum Gasteiger partial charge on any atom is -0.487 e. The van der Waals surface area contributed by atoms with Gasteiger partial charge in [0.1, 0.15) is 0 Å². The molecule has 70 valence electrons. The summed E-state index contributed by atoms with van der Waals surface area (Å²) in [6.45, 7) is 2.15. The molecule has 13 heavy (non-hydrogen) atoms. The minimum absolute atomic E-state index is 0.135. The lowest BCUT2D eigenvalue weighted by Gasteiger charge is -2.03. The Bertz CT molecular complexity index is 330. The monoisotopic (exact) mass is 246 g/mol. The standard InChI is InChI=1S/C7H7BrN2O3/c1-2-13-5-3-4-9-7(8)6(5)10(11)12/h3-4H,2H2,1H3. The maximum atomic E-state index is 10.6. The van der Waals surface area contributed by atoms with Crippen LogP contribution in [-0.4, -0.2) is 16.5 Å². The van der Waals surface area contributed by atoms with Crippen molar-refractivity contribution >= 4 is 21.6 Å². The number of hydrogen-bond donors (Lipinski definition) is 0. The minimum atomic E-state index is -0.526. The lowest BCUT2D eigenvalue weighted by molar-refractivity contribution is -0.387. The first kappa shape index (κ1) is 9.91. The van der Waals surface area contributed by atoms with Crippen molar-refractivity contribution in [3.63, 3.8) is 0 Å². The van der Waals surface area contributed by atoms with Crippen molar-refractivity contribution in [3.05, 3.63) is 27.0 Å². The van der Waals surface area contributed by atoms with Gasteiger partial charge in [-0.25, -0.2) is 4.98 Å². The Balaban J connectivity index is 3.17. The molecule has 0 aromatic carbocycles. The topological polar surface area (TPSA) is 65.3 Å². The van der Waals surface area contributed by atoms with Crippen molar-refractivity contribution in [2.24, 2.45) is 0 Å². The molecule has 0 atom stereocenters. The maximum absolute atomic E-state index is 10.6. The van der Waals surface area contributed by atoms with Gasteiger partial charge in [-0.3, -0.25) is 10.1 Å². The summed E-state index contributed by atoms with van der Waals surface area (Å²) >= 11 is 2.98. The van der Waals surface area contributed by atoms with Gasteiger partial charge in [0.25, 0.3) is 0 Å². The second kappa shape index (κ2) is 4.18. The summed E-state index contributed by atoms with van der Waals surface area (Å²) in [6.07, 6.45) is 1.45.